The van der Waals surface area contributed by atoms with Gasteiger partial charge in [-0.2, -0.15) is 0 Å². The van der Waals surface area contributed by atoms with Crippen molar-refractivity contribution in [1.82, 2.24) is 20.2 Å². The van der Waals surface area contributed by atoms with E-state index < -0.39 is 0 Å². The maximum Gasteiger partial charge on any atom is 0.282 e. The number of anilines is 1. The Labute approximate surface area is 96.9 Å². The van der Waals surface area contributed by atoms with Crippen LogP contribution in [0.3, 0.4) is 0 Å². The summed E-state index contributed by atoms with van der Waals surface area (Å²) < 4.78 is 5.28. The fraction of sp³-hybridized carbons (Fsp3) is 0.333. The van der Waals surface area contributed by atoms with Crippen LogP contribution in [0.4, 0.5) is 5.95 Å². The highest BCUT2D eigenvalue weighted by Crippen LogP contribution is 2.27. The van der Waals surface area contributed by atoms with Crippen molar-refractivity contribution in [2.45, 2.75) is 24.1 Å². The SMILES string of the molecule is CNc1ncc(C)c(Sc2nnc(C)o2)n1. The quantitative estimate of drug-likeness (QED) is 0.813. The van der Waals surface area contributed by atoms with Crippen LogP contribution in [0.15, 0.2) is 20.9 Å². The molecule has 0 aliphatic carbocycles. The second-order valence-corrected chi connectivity index (χ2v) is 4.06. The van der Waals surface area contributed by atoms with E-state index in [0.717, 1.165) is 10.6 Å². The third-order valence-electron chi connectivity index (χ3n) is 1.84. The molecule has 0 amide bonds. The van der Waals surface area contributed by atoms with Crippen molar-refractivity contribution in [3.63, 3.8) is 0 Å². The van der Waals surface area contributed by atoms with E-state index in [4.69, 9.17) is 4.42 Å². The standard InChI is InChI=1S/C9H11N5OS/c1-5-4-11-8(10-3)12-7(5)16-9-14-13-6(2)15-9/h4H,1-3H3,(H,10,11,12). The van der Waals surface area contributed by atoms with Gasteiger partial charge in [-0.1, -0.05) is 0 Å². The van der Waals surface area contributed by atoms with Crippen molar-refractivity contribution >= 4 is 17.7 Å². The Bertz CT molecular complexity index is 498. The first-order chi connectivity index (χ1) is 7.69. The van der Waals surface area contributed by atoms with Crippen molar-refractivity contribution in [3.05, 3.63) is 17.7 Å². The third-order valence-corrected chi connectivity index (χ3v) is 2.79. The molecule has 0 atom stereocenters. The molecule has 6 nitrogen and oxygen atoms in total. The monoisotopic (exact) mass is 237 g/mol. The van der Waals surface area contributed by atoms with Gasteiger partial charge in [-0.25, -0.2) is 9.97 Å². The zero-order chi connectivity index (χ0) is 11.5. The molecule has 1 N–H and O–H groups in total. The predicted octanol–water partition coefficient (Wildman–Crippen LogP) is 1.67. The number of hydrogen-bond donors (Lipinski definition) is 1. The molecule has 2 aromatic rings. The van der Waals surface area contributed by atoms with E-state index in [-0.39, 0.29) is 0 Å². The van der Waals surface area contributed by atoms with Crippen molar-refractivity contribution in [1.29, 1.82) is 0 Å². The number of rotatable bonds is 3. The summed E-state index contributed by atoms with van der Waals surface area (Å²) in [4.78, 5) is 8.41. The highest BCUT2D eigenvalue weighted by molar-refractivity contribution is 7.99. The lowest BCUT2D eigenvalue weighted by atomic mass is 10.4. The number of aromatic nitrogens is 4. The van der Waals surface area contributed by atoms with Gasteiger partial charge in [-0.15, -0.1) is 10.2 Å². The Morgan fingerprint density at radius 2 is 2.12 bits per heavy atom. The van der Waals surface area contributed by atoms with Gasteiger partial charge in [0.1, 0.15) is 5.03 Å². The molecule has 0 fully saturated rings. The van der Waals surface area contributed by atoms with Crippen LogP contribution in [0.25, 0.3) is 0 Å². The summed E-state index contributed by atoms with van der Waals surface area (Å²) in [5.41, 5.74) is 0.972. The molecule has 0 unspecified atom stereocenters. The van der Waals surface area contributed by atoms with E-state index in [1.165, 1.54) is 11.8 Å². The minimum Gasteiger partial charge on any atom is -0.416 e. The predicted molar refractivity (Wildman–Crippen MR) is 59.5 cm³/mol. The molecule has 0 aliphatic rings. The fourth-order valence-electron chi connectivity index (χ4n) is 1.05. The molecule has 84 valence electrons. The molecule has 2 aromatic heterocycles. The normalized spacial score (nSPS) is 10.4. The lowest BCUT2D eigenvalue weighted by Crippen LogP contribution is -1.98. The summed E-state index contributed by atoms with van der Waals surface area (Å²) in [6.07, 6.45) is 1.75. The number of hydrogen-bond acceptors (Lipinski definition) is 7. The van der Waals surface area contributed by atoms with Gasteiger partial charge < -0.3 is 9.73 Å². The fourth-order valence-corrected chi connectivity index (χ4v) is 1.81. The first kappa shape index (κ1) is 10.9. The topological polar surface area (TPSA) is 76.7 Å². The second-order valence-electron chi connectivity index (χ2n) is 3.12. The van der Waals surface area contributed by atoms with Crippen LogP contribution in [-0.2, 0) is 0 Å². The Morgan fingerprint density at radius 1 is 1.31 bits per heavy atom. The molecule has 0 saturated heterocycles. The Balaban J connectivity index is 2.26. The molecule has 0 aromatic carbocycles. The van der Waals surface area contributed by atoms with Crippen molar-refractivity contribution < 1.29 is 4.42 Å². The molecule has 7 heteroatoms. The molecular formula is C9H11N5OS. The molecule has 2 heterocycles. The van der Waals surface area contributed by atoms with Crippen LogP contribution in [0.1, 0.15) is 11.5 Å². The zero-order valence-electron chi connectivity index (χ0n) is 9.18. The van der Waals surface area contributed by atoms with Gasteiger partial charge in [0, 0.05) is 25.7 Å². The lowest BCUT2D eigenvalue weighted by Gasteiger charge is -2.03. The second kappa shape index (κ2) is 4.48. The summed E-state index contributed by atoms with van der Waals surface area (Å²) in [6.45, 7) is 3.69. The lowest BCUT2D eigenvalue weighted by molar-refractivity contribution is 0.429. The third kappa shape index (κ3) is 2.30. The van der Waals surface area contributed by atoms with Crippen LogP contribution in [0, 0.1) is 13.8 Å². The van der Waals surface area contributed by atoms with Crippen molar-refractivity contribution in [2.24, 2.45) is 0 Å². The maximum atomic E-state index is 5.28. The van der Waals surface area contributed by atoms with E-state index in [0.29, 0.717) is 17.1 Å². The smallest absolute Gasteiger partial charge is 0.282 e. The molecule has 16 heavy (non-hydrogen) atoms. The molecule has 0 saturated carbocycles. The van der Waals surface area contributed by atoms with Crippen molar-refractivity contribution in [3.8, 4) is 0 Å². The number of nitrogens with zero attached hydrogens (tertiary/aromatic N) is 4. The Kier molecular flexibility index (Phi) is 3.04. The summed E-state index contributed by atoms with van der Waals surface area (Å²) in [5, 5.41) is 11.8. The van der Waals surface area contributed by atoms with Gasteiger partial charge in [-0.3, -0.25) is 0 Å². The van der Waals surface area contributed by atoms with E-state index in [1.54, 1.807) is 20.2 Å². The Hall–Kier alpha value is -1.63. The summed E-state index contributed by atoms with van der Waals surface area (Å²) in [5.74, 6) is 1.12. The average molecular weight is 237 g/mol. The van der Waals surface area contributed by atoms with Gasteiger partial charge in [0.05, 0.1) is 0 Å². The molecule has 2 rings (SSSR count). The van der Waals surface area contributed by atoms with Crippen molar-refractivity contribution in [2.75, 3.05) is 12.4 Å². The number of aryl methyl sites for hydroxylation is 2. The van der Waals surface area contributed by atoms with E-state index in [1.807, 2.05) is 6.92 Å². The minimum atomic E-state index is 0.487. The minimum absolute atomic E-state index is 0.487. The molecule has 0 aliphatic heterocycles. The highest BCUT2D eigenvalue weighted by atomic mass is 32.2. The van der Waals surface area contributed by atoms with Crippen LogP contribution < -0.4 is 5.32 Å². The molecule has 0 bridgehead atoms. The molecular weight excluding hydrogens is 226 g/mol. The van der Waals surface area contributed by atoms with Gasteiger partial charge >= 0.3 is 0 Å². The van der Waals surface area contributed by atoms with E-state index in [9.17, 15) is 0 Å². The first-order valence-corrected chi connectivity index (χ1v) is 5.50. The van der Waals surface area contributed by atoms with Crippen LogP contribution in [0.5, 0.6) is 0 Å². The maximum absolute atomic E-state index is 5.28. The van der Waals surface area contributed by atoms with E-state index in [2.05, 4.69) is 25.5 Å². The van der Waals surface area contributed by atoms with Gasteiger partial charge in [0.25, 0.3) is 5.22 Å². The molecule has 0 spiro atoms. The van der Waals surface area contributed by atoms with Crippen LogP contribution >= 0.6 is 11.8 Å². The van der Waals surface area contributed by atoms with Gasteiger partial charge in [-0.05, 0) is 18.7 Å². The summed E-state index contributed by atoms with van der Waals surface area (Å²) in [6, 6.07) is 0. The Morgan fingerprint density at radius 3 is 2.75 bits per heavy atom. The molecule has 0 radical (unpaired) electrons. The average Bonchev–Trinajstić information content (AvgIpc) is 2.67. The van der Waals surface area contributed by atoms with Crippen LogP contribution in [0.2, 0.25) is 0 Å². The number of nitrogens with one attached hydrogen (secondary N) is 1. The highest BCUT2D eigenvalue weighted by Gasteiger charge is 2.09. The largest absolute Gasteiger partial charge is 0.416 e. The van der Waals surface area contributed by atoms with Gasteiger partial charge in [0.15, 0.2) is 0 Å². The first-order valence-electron chi connectivity index (χ1n) is 4.68. The summed E-state index contributed by atoms with van der Waals surface area (Å²) in [7, 11) is 1.77. The summed E-state index contributed by atoms with van der Waals surface area (Å²) >= 11 is 1.33. The van der Waals surface area contributed by atoms with E-state index >= 15 is 0 Å². The van der Waals surface area contributed by atoms with Gasteiger partial charge in [0.2, 0.25) is 11.8 Å². The van der Waals surface area contributed by atoms with Crippen LogP contribution in [-0.4, -0.2) is 27.2 Å². The zero-order valence-corrected chi connectivity index (χ0v) is 10.00.